The first-order chi connectivity index (χ1) is 19.3. The molecule has 1 aliphatic heterocycles. The van der Waals surface area contributed by atoms with E-state index in [-0.39, 0.29) is 0 Å². The van der Waals surface area contributed by atoms with Gasteiger partial charge in [-0.1, -0.05) is 121 Å². The molecule has 0 N–H and O–H groups in total. The second-order valence-corrected chi connectivity index (χ2v) is 11.6. The molecule has 7 rings (SSSR count). The summed E-state index contributed by atoms with van der Waals surface area (Å²) in [6.07, 6.45) is 0. The Morgan fingerprint density at radius 1 is 0.333 bits per heavy atom. The molecule has 6 aromatic carbocycles. The van der Waals surface area contributed by atoms with E-state index in [2.05, 4.69) is 157 Å². The highest BCUT2D eigenvalue weighted by Crippen LogP contribution is 2.51. The molecule has 186 valence electrons. The smallest absolute Gasteiger partial charge is 0.0462 e. The monoisotopic (exact) mass is 535 g/mol. The van der Waals surface area contributed by atoms with Crippen LogP contribution in [0.3, 0.4) is 0 Å². The van der Waals surface area contributed by atoms with Crippen LogP contribution in [0.2, 0.25) is 0 Å². The Labute approximate surface area is 238 Å². The molecule has 0 aromatic heterocycles. The van der Waals surface area contributed by atoms with E-state index in [1.54, 1.807) is 0 Å². The van der Waals surface area contributed by atoms with Crippen molar-refractivity contribution in [2.75, 3.05) is 4.90 Å². The maximum atomic E-state index is 2.32. The predicted octanol–water partition coefficient (Wildman–Crippen LogP) is 11.1. The first-order valence-electron chi connectivity index (χ1n) is 13.0. The fourth-order valence-corrected chi connectivity index (χ4v) is 7.42. The highest BCUT2D eigenvalue weighted by molar-refractivity contribution is 8.05. The average molecular weight is 536 g/mol. The van der Waals surface area contributed by atoms with E-state index in [0.717, 1.165) is 17.1 Å². The van der Waals surface area contributed by atoms with Gasteiger partial charge in [0.25, 0.3) is 0 Å². The molecule has 0 spiro atoms. The van der Waals surface area contributed by atoms with Crippen LogP contribution in [0.15, 0.2) is 171 Å². The second kappa shape index (κ2) is 10.5. The van der Waals surface area contributed by atoms with Crippen molar-refractivity contribution in [1.29, 1.82) is 0 Å². The van der Waals surface area contributed by atoms with E-state index in [0.29, 0.717) is 0 Å². The SMILES string of the molecule is c1ccc(-c2ccc(N(c3ccccc3)c3ccc(-c4cccc5c4Sc4ccccc4S5)cc3)cc2)cc1. The Morgan fingerprint density at radius 2 is 0.821 bits per heavy atom. The van der Waals surface area contributed by atoms with Gasteiger partial charge in [0.05, 0.1) is 0 Å². The van der Waals surface area contributed by atoms with Crippen LogP contribution in [-0.4, -0.2) is 0 Å². The zero-order valence-corrected chi connectivity index (χ0v) is 22.8. The standard InChI is InChI=1S/C36H25NS2/c1-3-10-26(11-4-1)27-18-22-30(23-19-27)37(29-12-5-2-6-13-29)31-24-20-28(21-25-31)32-14-9-17-35-36(32)39-34-16-8-7-15-33(34)38-35/h1-25H. The van der Waals surface area contributed by atoms with E-state index < -0.39 is 0 Å². The molecule has 1 nitrogen and oxygen atoms in total. The summed E-state index contributed by atoms with van der Waals surface area (Å²) >= 11 is 3.74. The maximum absolute atomic E-state index is 2.32. The molecule has 1 heterocycles. The van der Waals surface area contributed by atoms with Crippen molar-refractivity contribution < 1.29 is 0 Å². The van der Waals surface area contributed by atoms with Crippen molar-refractivity contribution in [3.05, 3.63) is 152 Å². The Morgan fingerprint density at radius 3 is 1.49 bits per heavy atom. The first-order valence-corrected chi connectivity index (χ1v) is 14.7. The van der Waals surface area contributed by atoms with Crippen LogP contribution >= 0.6 is 23.5 Å². The summed E-state index contributed by atoms with van der Waals surface area (Å²) in [6.45, 7) is 0. The molecule has 0 saturated heterocycles. The van der Waals surface area contributed by atoms with Crippen LogP contribution in [0.5, 0.6) is 0 Å². The van der Waals surface area contributed by atoms with Gasteiger partial charge in [-0.3, -0.25) is 0 Å². The van der Waals surface area contributed by atoms with Gasteiger partial charge in [0.15, 0.2) is 0 Å². The number of hydrogen-bond donors (Lipinski definition) is 0. The lowest BCUT2D eigenvalue weighted by Crippen LogP contribution is -2.09. The van der Waals surface area contributed by atoms with E-state index in [9.17, 15) is 0 Å². The number of benzene rings is 6. The van der Waals surface area contributed by atoms with Crippen LogP contribution in [0.4, 0.5) is 17.1 Å². The van der Waals surface area contributed by atoms with Crippen molar-refractivity contribution in [2.24, 2.45) is 0 Å². The summed E-state index contributed by atoms with van der Waals surface area (Å²) < 4.78 is 0. The molecule has 1 aliphatic rings. The summed E-state index contributed by atoms with van der Waals surface area (Å²) in [5, 5.41) is 0. The second-order valence-electron chi connectivity index (χ2n) is 9.41. The largest absolute Gasteiger partial charge is 0.311 e. The van der Waals surface area contributed by atoms with Crippen molar-refractivity contribution in [3.8, 4) is 22.3 Å². The van der Waals surface area contributed by atoms with E-state index in [1.807, 2.05) is 23.5 Å². The van der Waals surface area contributed by atoms with Gasteiger partial charge in [0.1, 0.15) is 0 Å². The van der Waals surface area contributed by atoms with Gasteiger partial charge < -0.3 is 4.90 Å². The lowest BCUT2D eigenvalue weighted by molar-refractivity contribution is 1.16. The molecular weight excluding hydrogens is 511 g/mol. The Balaban J connectivity index is 1.24. The van der Waals surface area contributed by atoms with Gasteiger partial charge in [-0.05, 0) is 76.9 Å². The zero-order valence-electron chi connectivity index (χ0n) is 21.2. The topological polar surface area (TPSA) is 3.24 Å². The van der Waals surface area contributed by atoms with Gasteiger partial charge in [-0.15, -0.1) is 0 Å². The number of nitrogens with zero attached hydrogens (tertiary/aromatic N) is 1. The average Bonchev–Trinajstić information content (AvgIpc) is 3.02. The Bertz CT molecular complexity index is 1730. The van der Waals surface area contributed by atoms with Crippen molar-refractivity contribution in [1.82, 2.24) is 0 Å². The lowest BCUT2D eigenvalue weighted by atomic mass is 10.0. The predicted molar refractivity (Wildman–Crippen MR) is 167 cm³/mol. The highest BCUT2D eigenvalue weighted by Gasteiger charge is 2.20. The molecule has 0 atom stereocenters. The summed E-state index contributed by atoms with van der Waals surface area (Å²) in [6, 6.07) is 54.3. The summed E-state index contributed by atoms with van der Waals surface area (Å²) in [4.78, 5) is 7.64. The van der Waals surface area contributed by atoms with Gasteiger partial charge in [0, 0.05) is 36.6 Å². The minimum absolute atomic E-state index is 1.13. The molecule has 3 heteroatoms. The van der Waals surface area contributed by atoms with Crippen molar-refractivity contribution in [3.63, 3.8) is 0 Å². The molecule has 0 bridgehead atoms. The third kappa shape index (κ3) is 4.76. The molecule has 0 radical (unpaired) electrons. The van der Waals surface area contributed by atoms with Crippen LogP contribution in [-0.2, 0) is 0 Å². The van der Waals surface area contributed by atoms with Gasteiger partial charge in [-0.25, -0.2) is 0 Å². The normalized spacial score (nSPS) is 11.9. The Kier molecular flexibility index (Phi) is 6.45. The Hall–Kier alpha value is -4.18. The maximum Gasteiger partial charge on any atom is 0.0462 e. The first kappa shape index (κ1) is 23.9. The number of fused-ring (bicyclic) bond motifs is 2. The van der Waals surface area contributed by atoms with Crippen LogP contribution in [0, 0.1) is 0 Å². The number of hydrogen-bond acceptors (Lipinski definition) is 3. The third-order valence-electron chi connectivity index (χ3n) is 6.94. The summed E-state index contributed by atoms with van der Waals surface area (Å²) in [7, 11) is 0. The zero-order chi connectivity index (χ0) is 26.0. The minimum Gasteiger partial charge on any atom is -0.311 e. The minimum atomic E-state index is 1.13. The highest BCUT2D eigenvalue weighted by atomic mass is 32.2. The van der Waals surface area contributed by atoms with Gasteiger partial charge >= 0.3 is 0 Å². The van der Waals surface area contributed by atoms with Crippen molar-refractivity contribution in [2.45, 2.75) is 19.6 Å². The quantitative estimate of drug-likeness (QED) is 0.216. The molecule has 0 fully saturated rings. The number of anilines is 3. The van der Waals surface area contributed by atoms with Crippen LogP contribution in [0.25, 0.3) is 22.3 Å². The molecular formula is C36H25NS2. The van der Waals surface area contributed by atoms with E-state index in [4.69, 9.17) is 0 Å². The van der Waals surface area contributed by atoms with Crippen LogP contribution < -0.4 is 4.90 Å². The summed E-state index contributed by atoms with van der Waals surface area (Å²) in [5.74, 6) is 0. The molecule has 39 heavy (non-hydrogen) atoms. The fourth-order valence-electron chi connectivity index (χ4n) is 5.02. The van der Waals surface area contributed by atoms with Gasteiger partial charge in [-0.2, -0.15) is 0 Å². The molecule has 6 aromatic rings. The molecule has 0 amide bonds. The molecule has 0 aliphatic carbocycles. The molecule has 0 saturated carbocycles. The van der Waals surface area contributed by atoms with E-state index >= 15 is 0 Å². The number of rotatable bonds is 5. The fraction of sp³-hybridized carbons (Fsp3) is 0. The number of para-hydroxylation sites is 1. The van der Waals surface area contributed by atoms with Crippen molar-refractivity contribution >= 4 is 40.6 Å². The van der Waals surface area contributed by atoms with Gasteiger partial charge in [0.2, 0.25) is 0 Å². The van der Waals surface area contributed by atoms with Crippen LogP contribution in [0.1, 0.15) is 0 Å². The lowest BCUT2D eigenvalue weighted by Gasteiger charge is -2.26. The van der Waals surface area contributed by atoms with E-state index in [1.165, 1.54) is 41.8 Å². The summed E-state index contributed by atoms with van der Waals surface area (Å²) in [5.41, 5.74) is 8.36. The third-order valence-corrected chi connectivity index (χ3v) is 9.56. The molecule has 0 unspecified atom stereocenters.